The van der Waals surface area contributed by atoms with E-state index in [9.17, 15) is 0 Å². The summed E-state index contributed by atoms with van der Waals surface area (Å²) < 4.78 is 5.27. The highest BCUT2D eigenvalue weighted by atomic mass is 32.2. The van der Waals surface area contributed by atoms with Crippen LogP contribution in [0.2, 0.25) is 0 Å². The van der Waals surface area contributed by atoms with Crippen LogP contribution in [0.1, 0.15) is 31.9 Å². The Hall–Kier alpha value is -0.670. The van der Waals surface area contributed by atoms with Crippen molar-refractivity contribution < 1.29 is 4.74 Å². The molecule has 2 atom stereocenters. The van der Waals surface area contributed by atoms with E-state index in [0.717, 1.165) is 12.3 Å². The lowest BCUT2D eigenvalue weighted by atomic mass is 10.0. The summed E-state index contributed by atoms with van der Waals surface area (Å²) in [4.78, 5) is 1.37. The number of ether oxygens (including phenoxy) is 1. The summed E-state index contributed by atoms with van der Waals surface area (Å²) in [7, 11) is 1.72. The van der Waals surface area contributed by atoms with Crippen molar-refractivity contribution in [1.82, 2.24) is 5.32 Å². The minimum Gasteiger partial charge on any atom is -0.497 e. The molecule has 16 heavy (non-hydrogen) atoms. The average Bonchev–Trinajstić information content (AvgIpc) is 2.67. The molecule has 0 aliphatic carbocycles. The van der Waals surface area contributed by atoms with Gasteiger partial charge in [0.05, 0.1) is 7.11 Å². The molecule has 0 fully saturated rings. The highest BCUT2D eigenvalue weighted by Crippen LogP contribution is 2.46. The molecule has 1 N–H and O–H groups in total. The molecule has 0 amide bonds. The molecule has 2 nitrogen and oxygen atoms in total. The van der Waals surface area contributed by atoms with Gasteiger partial charge in [-0.3, -0.25) is 0 Å². The molecule has 1 aromatic carbocycles. The van der Waals surface area contributed by atoms with Crippen LogP contribution in [0.3, 0.4) is 0 Å². The first kappa shape index (κ1) is 11.8. The first-order valence-corrected chi connectivity index (χ1v) is 6.76. The summed E-state index contributed by atoms with van der Waals surface area (Å²) in [6, 6.07) is 6.91. The first-order chi connectivity index (χ1) is 7.80. The van der Waals surface area contributed by atoms with E-state index in [4.69, 9.17) is 4.74 Å². The Morgan fingerprint density at radius 3 is 2.81 bits per heavy atom. The Kier molecular flexibility index (Phi) is 3.77. The van der Waals surface area contributed by atoms with E-state index in [1.54, 1.807) is 7.11 Å². The second-order valence-electron chi connectivity index (χ2n) is 4.00. The number of methoxy groups -OCH3 is 1. The number of fused-ring (bicyclic) bond motifs is 1. The van der Waals surface area contributed by atoms with Gasteiger partial charge in [0.2, 0.25) is 0 Å². The van der Waals surface area contributed by atoms with Gasteiger partial charge in [-0.15, -0.1) is 11.8 Å². The predicted octanol–water partition coefficient (Wildman–Crippen LogP) is 3.23. The third-order valence-electron chi connectivity index (χ3n) is 3.03. The molecular formula is C13H19NOS. The maximum atomic E-state index is 5.27. The second kappa shape index (κ2) is 5.11. The standard InChI is InChI=1S/C13H19NOS/c1-4-11-13(14-5-2)10-7-6-9(15-3)8-12(10)16-11/h6-8,11,13-14H,4-5H2,1-3H3. The molecule has 1 aromatic rings. The maximum Gasteiger partial charge on any atom is 0.119 e. The van der Waals surface area contributed by atoms with Gasteiger partial charge < -0.3 is 10.1 Å². The predicted molar refractivity (Wildman–Crippen MR) is 69.3 cm³/mol. The lowest BCUT2D eigenvalue weighted by molar-refractivity contribution is 0.413. The van der Waals surface area contributed by atoms with Crippen LogP contribution >= 0.6 is 11.8 Å². The number of nitrogens with one attached hydrogen (secondary N) is 1. The summed E-state index contributed by atoms with van der Waals surface area (Å²) >= 11 is 1.97. The molecule has 0 saturated heterocycles. The van der Waals surface area contributed by atoms with Gasteiger partial charge in [-0.2, -0.15) is 0 Å². The van der Waals surface area contributed by atoms with Crippen LogP contribution in [0.25, 0.3) is 0 Å². The van der Waals surface area contributed by atoms with Crippen LogP contribution in [-0.2, 0) is 0 Å². The fraction of sp³-hybridized carbons (Fsp3) is 0.538. The third-order valence-corrected chi connectivity index (χ3v) is 4.55. The van der Waals surface area contributed by atoms with Crippen molar-refractivity contribution in [3.63, 3.8) is 0 Å². The monoisotopic (exact) mass is 237 g/mol. The van der Waals surface area contributed by atoms with E-state index in [1.165, 1.54) is 16.9 Å². The van der Waals surface area contributed by atoms with Crippen molar-refractivity contribution in [3.05, 3.63) is 23.8 Å². The normalized spacial score (nSPS) is 23.2. The Bertz CT molecular complexity index is 367. The Morgan fingerprint density at radius 2 is 2.19 bits per heavy atom. The Labute approximate surface area is 102 Å². The van der Waals surface area contributed by atoms with Crippen LogP contribution < -0.4 is 10.1 Å². The molecule has 0 radical (unpaired) electrons. The molecule has 3 heteroatoms. The van der Waals surface area contributed by atoms with E-state index in [1.807, 2.05) is 11.8 Å². The molecule has 88 valence electrons. The quantitative estimate of drug-likeness (QED) is 0.868. The summed E-state index contributed by atoms with van der Waals surface area (Å²) in [6.07, 6.45) is 1.19. The fourth-order valence-corrected chi connectivity index (χ4v) is 3.60. The summed E-state index contributed by atoms with van der Waals surface area (Å²) in [5.74, 6) is 0.957. The lowest BCUT2D eigenvalue weighted by Crippen LogP contribution is -2.26. The highest BCUT2D eigenvalue weighted by Gasteiger charge is 2.31. The molecule has 0 saturated carbocycles. The largest absolute Gasteiger partial charge is 0.497 e. The van der Waals surface area contributed by atoms with Crippen molar-refractivity contribution in [2.24, 2.45) is 0 Å². The first-order valence-electron chi connectivity index (χ1n) is 5.88. The van der Waals surface area contributed by atoms with E-state index in [0.29, 0.717) is 11.3 Å². The van der Waals surface area contributed by atoms with Gasteiger partial charge in [0.15, 0.2) is 0 Å². The summed E-state index contributed by atoms with van der Waals surface area (Å²) in [6.45, 7) is 5.44. The van der Waals surface area contributed by atoms with Crippen molar-refractivity contribution in [2.45, 2.75) is 36.5 Å². The van der Waals surface area contributed by atoms with Crippen LogP contribution in [0.15, 0.2) is 23.1 Å². The van der Waals surface area contributed by atoms with Crippen molar-refractivity contribution in [3.8, 4) is 5.75 Å². The Morgan fingerprint density at radius 1 is 1.38 bits per heavy atom. The van der Waals surface area contributed by atoms with Crippen LogP contribution in [0, 0.1) is 0 Å². The topological polar surface area (TPSA) is 21.3 Å². The second-order valence-corrected chi connectivity index (χ2v) is 5.28. The zero-order chi connectivity index (χ0) is 11.5. The maximum absolute atomic E-state index is 5.27. The van der Waals surface area contributed by atoms with Gasteiger partial charge in [-0.1, -0.05) is 19.9 Å². The average molecular weight is 237 g/mol. The van der Waals surface area contributed by atoms with Gasteiger partial charge in [0, 0.05) is 16.2 Å². The molecule has 0 aromatic heterocycles. The van der Waals surface area contributed by atoms with E-state index >= 15 is 0 Å². The number of rotatable bonds is 4. The lowest BCUT2D eigenvalue weighted by Gasteiger charge is -2.18. The highest BCUT2D eigenvalue weighted by molar-refractivity contribution is 8.00. The molecule has 1 aliphatic heterocycles. The molecule has 1 aliphatic rings. The molecule has 0 bridgehead atoms. The zero-order valence-electron chi connectivity index (χ0n) is 10.1. The van der Waals surface area contributed by atoms with E-state index in [-0.39, 0.29) is 0 Å². The van der Waals surface area contributed by atoms with Crippen molar-refractivity contribution in [2.75, 3.05) is 13.7 Å². The fourth-order valence-electron chi connectivity index (χ4n) is 2.21. The van der Waals surface area contributed by atoms with Gasteiger partial charge >= 0.3 is 0 Å². The molecule has 0 spiro atoms. The molecule has 1 heterocycles. The summed E-state index contributed by atoms with van der Waals surface area (Å²) in [5.41, 5.74) is 1.43. The SMILES string of the molecule is CCNC1c2ccc(OC)cc2SC1CC. The van der Waals surface area contributed by atoms with Crippen LogP contribution in [-0.4, -0.2) is 18.9 Å². The van der Waals surface area contributed by atoms with Gasteiger partial charge in [-0.05, 0) is 30.7 Å². The smallest absolute Gasteiger partial charge is 0.119 e. The zero-order valence-corrected chi connectivity index (χ0v) is 10.9. The Balaban J connectivity index is 2.29. The molecule has 2 rings (SSSR count). The van der Waals surface area contributed by atoms with Crippen LogP contribution in [0.5, 0.6) is 5.75 Å². The number of thioether (sulfide) groups is 1. The molecular weight excluding hydrogens is 218 g/mol. The van der Waals surface area contributed by atoms with Gasteiger partial charge in [-0.25, -0.2) is 0 Å². The number of hydrogen-bond donors (Lipinski definition) is 1. The van der Waals surface area contributed by atoms with Gasteiger partial charge in [0.1, 0.15) is 5.75 Å². The minimum absolute atomic E-state index is 0.501. The van der Waals surface area contributed by atoms with E-state index in [2.05, 4.69) is 37.4 Å². The van der Waals surface area contributed by atoms with Crippen LogP contribution in [0.4, 0.5) is 0 Å². The van der Waals surface area contributed by atoms with Gasteiger partial charge in [0.25, 0.3) is 0 Å². The minimum atomic E-state index is 0.501. The third kappa shape index (κ3) is 2.06. The number of benzene rings is 1. The van der Waals surface area contributed by atoms with Crippen molar-refractivity contribution >= 4 is 11.8 Å². The summed E-state index contributed by atoms with van der Waals surface area (Å²) in [5, 5.41) is 4.23. The van der Waals surface area contributed by atoms with Crippen molar-refractivity contribution in [1.29, 1.82) is 0 Å². The van der Waals surface area contributed by atoms with E-state index < -0.39 is 0 Å². The molecule has 2 unspecified atom stereocenters. The number of hydrogen-bond acceptors (Lipinski definition) is 3.